The van der Waals surface area contributed by atoms with Crippen molar-refractivity contribution in [1.29, 1.82) is 0 Å². The molecule has 1 fully saturated rings. The summed E-state index contributed by atoms with van der Waals surface area (Å²) in [5, 5.41) is 18.8. The van der Waals surface area contributed by atoms with Gasteiger partial charge in [0.1, 0.15) is 0 Å². The molecule has 2 atom stereocenters. The van der Waals surface area contributed by atoms with Crippen LogP contribution in [0.5, 0.6) is 11.8 Å². The first-order chi connectivity index (χ1) is 8.75. The first-order valence-corrected chi connectivity index (χ1v) is 6.81. The molecule has 0 aromatic carbocycles. The Balaban J connectivity index is 1.55. The van der Waals surface area contributed by atoms with E-state index in [1.165, 1.54) is 12.8 Å². The van der Waals surface area contributed by atoms with Crippen molar-refractivity contribution in [3.05, 3.63) is 11.6 Å². The zero-order chi connectivity index (χ0) is 12.5. The quantitative estimate of drug-likeness (QED) is 0.717. The molecule has 1 aromatic heterocycles. The lowest BCUT2D eigenvalue weighted by Gasteiger charge is -1.98. The molecule has 0 radical (unpaired) electrons. The molecule has 0 amide bonds. The van der Waals surface area contributed by atoms with Crippen LogP contribution in [0.1, 0.15) is 37.7 Å². The lowest BCUT2D eigenvalue weighted by Crippen LogP contribution is -1.88. The van der Waals surface area contributed by atoms with Crippen molar-refractivity contribution in [2.45, 2.75) is 38.5 Å². The number of nitrogens with one attached hydrogen (secondary N) is 1. The third kappa shape index (κ3) is 2.20. The SMILES string of the molecule is Oc1cc(CCC2C3CCC#CCCC32)c(O)[nH]1. The normalized spacial score (nSPS) is 29.7. The van der Waals surface area contributed by atoms with Gasteiger partial charge in [0.05, 0.1) is 0 Å². The molecule has 0 aliphatic heterocycles. The van der Waals surface area contributed by atoms with E-state index in [-0.39, 0.29) is 11.8 Å². The molecule has 2 aliphatic carbocycles. The monoisotopic (exact) mass is 245 g/mol. The van der Waals surface area contributed by atoms with Crippen molar-refractivity contribution in [3.8, 4) is 23.6 Å². The van der Waals surface area contributed by atoms with Gasteiger partial charge in [-0.25, -0.2) is 0 Å². The van der Waals surface area contributed by atoms with Gasteiger partial charge in [-0.1, -0.05) is 0 Å². The molecule has 1 heterocycles. The molecule has 96 valence electrons. The highest BCUT2D eigenvalue weighted by Crippen LogP contribution is 2.54. The van der Waals surface area contributed by atoms with Crippen LogP contribution in [-0.4, -0.2) is 15.2 Å². The zero-order valence-corrected chi connectivity index (χ0v) is 10.4. The summed E-state index contributed by atoms with van der Waals surface area (Å²) in [6.07, 6.45) is 6.54. The molecule has 18 heavy (non-hydrogen) atoms. The minimum atomic E-state index is 0.0534. The van der Waals surface area contributed by atoms with Gasteiger partial charge in [-0.15, -0.1) is 11.8 Å². The van der Waals surface area contributed by atoms with Crippen LogP contribution in [-0.2, 0) is 6.42 Å². The van der Waals surface area contributed by atoms with E-state index in [1.807, 2.05) is 0 Å². The van der Waals surface area contributed by atoms with Crippen LogP contribution >= 0.6 is 0 Å². The van der Waals surface area contributed by atoms with Gasteiger partial charge in [0, 0.05) is 24.5 Å². The number of aromatic nitrogens is 1. The van der Waals surface area contributed by atoms with Crippen molar-refractivity contribution >= 4 is 0 Å². The summed E-state index contributed by atoms with van der Waals surface area (Å²) in [5.74, 6) is 9.13. The van der Waals surface area contributed by atoms with E-state index < -0.39 is 0 Å². The number of H-pyrrole nitrogens is 1. The van der Waals surface area contributed by atoms with Gasteiger partial charge in [-0.05, 0) is 43.4 Å². The van der Waals surface area contributed by atoms with Crippen LogP contribution in [0.15, 0.2) is 6.07 Å². The second kappa shape index (κ2) is 4.61. The molecule has 2 aliphatic rings. The number of hydrogen-bond acceptors (Lipinski definition) is 2. The maximum atomic E-state index is 9.58. The van der Waals surface area contributed by atoms with E-state index in [0.717, 1.165) is 49.0 Å². The molecule has 2 unspecified atom stereocenters. The number of rotatable bonds is 3. The van der Waals surface area contributed by atoms with E-state index >= 15 is 0 Å². The van der Waals surface area contributed by atoms with Crippen LogP contribution in [0.3, 0.4) is 0 Å². The number of hydrogen-bond donors (Lipinski definition) is 3. The summed E-state index contributed by atoms with van der Waals surface area (Å²) >= 11 is 0. The number of aryl methyl sites for hydroxylation is 1. The maximum Gasteiger partial charge on any atom is 0.194 e. The molecule has 3 rings (SSSR count). The molecule has 3 nitrogen and oxygen atoms in total. The minimum Gasteiger partial charge on any atom is -0.495 e. The van der Waals surface area contributed by atoms with Crippen molar-refractivity contribution in [3.63, 3.8) is 0 Å². The smallest absolute Gasteiger partial charge is 0.194 e. The van der Waals surface area contributed by atoms with Crippen molar-refractivity contribution in [2.24, 2.45) is 17.8 Å². The Morgan fingerprint density at radius 2 is 1.83 bits per heavy atom. The highest BCUT2D eigenvalue weighted by Gasteiger charge is 2.47. The lowest BCUT2D eigenvalue weighted by molar-refractivity contribution is 0.422. The summed E-state index contributed by atoms with van der Waals surface area (Å²) < 4.78 is 0. The van der Waals surface area contributed by atoms with Crippen LogP contribution in [0, 0.1) is 29.6 Å². The number of fused-ring (bicyclic) bond motifs is 1. The van der Waals surface area contributed by atoms with Gasteiger partial charge in [0.25, 0.3) is 0 Å². The molecule has 3 N–H and O–H groups in total. The summed E-state index contributed by atoms with van der Waals surface area (Å²) in [4.78, 5) is 2.53. The zero-order valence-electron chi connectivity index (χ0n) is 10.4. The Morgan fingerprint density at radius 3 is 2.39 bits per heavy atom. The van der Waals surface area contributed by atoms with E-state index in [4.69, 9.17) is 0 Å². The molecule has 0 spiro atoms. The molecular weight excluding hydrogens is 226 g/mol. The predicted molar refractivity (Wildman–Crippen MR) is 69.2 cm³/mol. The fourth-order valence-corrected chi connectivity index (χ4v) is 3.45. The Kier molecular flexibility index (Phi) is 2.95. The second-order valence-electron chi connectivity index (χ2n) is 5.49. The predicted octanol–water partition coefficient (Wildman–Crippen LogP) is 2.80. The van der Waals surface area contributed by atoms with Gasteiger partial charge < -0.3 is 10.2 Å². The van der Waals surface area contributed by atoms with E-state index in [1.54, 1.807) is 6.07 Å². The van der Waals surface area contributed by atoms with Gasteiger partial charge in [-0.2, -0.15) is 0 Å². The Hall–Kier alpha value is -1.56. The average Bonchev–Trinajstić information content (AvgIpc) is 2.81. The van der Waals surface area contributed by atoms with Crippen LogP contribution in [0.2, 0.25) is 0 Å². The first-order valence-electron chi connectivity index (χ1n) is 6.81. The van der Waals surface area contributed by atoms with Crippen molar-refractivity contribution in [2.75, 3.05) is 0 Å². The van der Waals surface area contributed by atoms with Gasteiger partial charge >= 0.3 is 0 Å². The highest BCUT2D eigenvalue weighted by molar-refractivity contribution is 5.32. The van der Waals surface area contributed by atoms with Crippen LogP contribution in [0.4, 0.5) is 0 Å². The topological polar surface area (TPSA) is 56.2 Å². The van der Waals surface area contributed by atoms with Gasteiger partial charge in [-0.3, -0.25) is 4.98 Å². The van der Waals surface area contributed by atoms with Crippen molar-refractivity contribution < 1.29 is 10.2 Å². The van der Waals surface area contributed by atoms with Crippen LogP contribution < -0.4 is 0 Å². The maximum absolute atomic E-state index is 9.58. The van der Waals surface area contributed by atoms with E-state index in [9.17, 15) is 10.2 Å². The molecule has 1 aromatic rings. The average molecular weight is 245 g/mol. The number of aromatic hydroxyl groups is 2. The van der Waals surface area contributed by atoms with Crippen LogP contribution in [0.25, 0.3) is 0 Å². The molecular formula is C15H19NO2. The molecule has 0 saturated heterocycles. The summed E-state index contributed by atoms with van der Waals surface area (Å²) in [7, 11) is 0. The minimum absolute atomic E-state index is 0.0534. The standard InChI is InChI=1S/C15H19NO2/c17-14-9-10(15(18)16-14)7-8-13-11-5-3-1-2-4-6-12(11)13/h9,11-13,16-18H,3-8H2. The third-order valence-corrected chi connectivity index (χ3v) is 4.45. The molecule has 3 heteroatoms. The van der Waals surface area contributed by atoms with E-state index in [0.29, 0.717) is 0 Å². The third-order valence-electron chi connectivity index (χ3n) is 4.45. The Bertz CT molecular complexity index is 476. The Labute approximate surface area is 107 Å². The second-order valence-corrected chi connectivity index (χ2v) is 5.49. The fourth-order valence-electron chi connectivity index (χ4n) is 3.45. The van der Waals surface area contributed by atoms with E-state index in [2.05, 4.69) is 16.8 Å². The highest BCUT2D eigenvalue weighted by atomic mass is 16.3. The van der Waals surface area contributed by atoms with Gasteiger partial charge in [0.15, 0.2) is 11.8 Å². The summed E-state index contributed by atoms with van der Waals surface area (Å²) in [5.41, 5.74) is 0.836. The first kappa shape index (κ1) is 11.5. The summed E-state index contributed by atoms with van der Waals surface area (Å²) in [6.45, 7) is 0. The Morgan fingerprint density at radius 1 is 1.17 bits per heavy atom. The van der Waals surface area contributed by atoms with Crippen molar-refractivity contribution in [1.82, 2.24) is 4.98 Å². The molecule has 0 bridgehead atoms. The fraction of sp³-hybridized carbons (Fsp3) is 0.600. The van der Waals surface area contributed by atoms with Gasteiger partial charge in [0.2, 0.25) is 0 Å². The number of aromatic amines is 1. The molecule has 1 saturated carbocycles. The summed E-state index contributed by atoms with van der Waals surface area (Å²) in [6, 6.07) is 1.63. The lowest BCUT2D eigenvalue weighted by atomic mass is 10.1. The largest absolute Gasteiger partial charge is 0.495 e.